The number of alkyl halides is 3. The molecule has 186 valence electrons. The highest BCUT2D eigenvalue weighted by molar-refractivity contribution is 5.91. The van der Waals surface area contributed by atoms with E-state index in [0.29, 0.717) is 11.7 Å². The summed E-state index contributed by atoms with van der Waals surface area (Å²) in [4.78, 5) is 26.0. The van der Waals surface area contributed by atoms with E-state index in [1.807, 2.05) is 0 Å². The molecule has 2 aromatic rings. The first-order valence-corrected chi connectivity index (χ1v) is 11.5. The number of fused-ring (bicyclic) bond motifs is 2. The van der Waals surface area contributed by atoms with Crippen LogP contribution in [-0.4, -0.2) is 30.3 Å². The first kappa shape index (κ1) is 24.8. The summed E-state index contributed by atoms with van der Waals surface area (Å²) in [6.07, 6.45) is 2.50. The zero-order chi connectivity index (χ0) is 25.8. The van der Waals surface area contributed by atoms with Crippen LogP contribution >= 0.6 is 0 Å². The predicted octanol–water partition coefficient (Wildman–Crippen LogP) is 6.10. The average molecular weight is 488 g/mol. The normalized spacial score (nSPS) is 19.5. The van der Waals surface area contributed by atoms with Crippen molar-refractivity contribution in [2.75, 3.05) is 18.0 Å². The van der Waals surface area contributed by atoms with Gasteiger partial charge in [-0.15, -0.1) is 0 Å². The molecule has 0 bridgehead atoms. The van der Waals surface area contributed by atoms with E-state index in [0.717, 1.165) is 43.0 Å². The Hall–Kier alpha value is -3.29. The van der Waals surface area contributed by atoms with Crippen LogP contribution in [-0.2, 0) is 15.6 Å². The number of anilines is 1. The van der Waals surface area contributed by atoms with Crippen LogP contribution in [0, 0.1) is 0 Å². The van der Waals surface area contributed by atoms with Crippen LogP contribution in [0.3, 0.4) is 0 Å². The highest BCUT2D eigenvalue weighted by atomic mass is 19.4. The van der Waals surface area contributed by atoms with Crippen molar-refractivity contribution in [3.05, 3.63) is 69.1 Å². The molecule has 2 aliphatic rings. The van der Waals surface area contributed by atoms with E-state index in [9.17, 15) is 22.8 Å². The quantitative estimate of drug-likeness (QED) is 0.320. The minimum Gasteiger partial charge on any atom is -0.478 e. The molecule has 8 heteroatoms. The van der Waals surface area contributed by atoms with Gasteiger partial charge in [0.15, 0.2) is 0 Å². The molecule has 0 spiro atoms. The smallest absolute Gasteiger partial charge is 0.423 e. The van der Waals surface area contributed by atoms with Crippen molar-refractivity contribution in [2.45, 2.75) is 57.5 Å². The van der Waals surface area contributed by atoms with E-state index in [1.54, 1.807) is 6.07 Å². The predicted molar refractivity (Wildman–Crippen MR) is 130 cm³/mol. The molecule has 35 heavy (non-hydrogen) atoms. The molecule has 2 aliphatic heterocycles. The van der Waals surface area contributed by atoms with Gasteiger partial charge in [0, 0.05) is 29.7 Å². The number of hydrogen-bond donors (Lipinski definition) is 1. The first-order valence-electron chi connectivity index (χ1n) is 11.5. The van der Waals surface area contributed by atoms with Crippen molar-refractivity contribution in [1.82, 2.24) is 0 Å². The number of carboxylic acid groups (broad SMARTS) is 1. The van der Waals surface area contributed by atoms with Crippen molar-refractivity contribution < 1.29 is 27.5 Å². The summed E-state index contributed by atoms with van der Waals surface area (Å²) in [5.41, 5.74) is 1.85. The Labute approximate surface area is 201 Å². The summed E-state index contributed by atoms with van der Waals surface area (Å²) in [7, 11) is 0. The van der Waals surface area contributed by atoms with Crippen LogP contribution in [0.15, 0.2) is 51.2 Å². The maximum atomic E-state index is 12.8. The fourth-order valence-electron chi connectivity index (χ4n) is 4.95. The third-order valence-corrected chi connectivity index (χ3v) is 7.05. The summed E-state index contributed by atoms with van der Waals surface area (Å²) < 4.78 is 44.0. The molecule has 0 amide bonds. The van der Waals surface area contributed by atoms with Crippen molar-refractivity contribution in [2.24, 2.45) is 0 Å². The lowest BCUT2D eigenvalue weighted by molar-refractivity contribution is -0.144. The number of carboxylic acids is 1. The third-order valence-electron chi connectivity index (χ3n) is 7.05. The highest BCUT2D eigenvalue weighted by Crippen LogP contribution is 2.51. The fourth-order valence-corrected chi connectivity index (χ4v) is 4.95. The van der Waals surface area contributed by atoms with Crippen molar-refractivity contribution >= 4 is 28.7 Å². The molecule has 1 aromatic heterocycles. The van der Waals surface area contributed by atoms with E-state index < -0.39 is 23.3 Å². The van der Waals surface area contributed by atoms with Crippen LogP contribution in [0.1, 0.15) is 57.2 Å². The lowest BCUT2D eigenvalue weighted by Crippen LogP contribution is -2.44. The lowest BCUT2D eigenvalue weighted by Gasteiger charge is -2.48. The summed E-state index contributed by atoms with van der Waals surface area (Å²) in [6, 6.07) is 3.83. The van der Waals surface area contributed by atoms with E-state index in [4.69, 9.17) is 9.52 Å². The third kappa shape index (κ3) is 4.54. The van der Waals surface area contributed by atoms with Gasteiger partial charge in [0.1, 0.15) is 11.2 Å². The number of benzene rings is 1. The summed E-state index contributed by atoms with van der Waals surface area (Å²) in [6.45, 7) is 10.7. The molecular weight excluding hydrogens is 459 g/mol. The summed E-state index contributed by atoms with van der Waals surface area (Å²) in [5.74, 6) is -2.06. The lowest BCUT2D eigenvalue weighted by atomic mass is 9.69. The zero-order valence-electron chi connectivity index (χ0n) is 20.1. The number of nitrogens with zero attached hydrogens (tertiary/aromatic N) is 1. The molecule has 0 unspecified atom stereocenters. The molecule has 0 saturated heterocycles. The molecule has 0 fully saturated rings. The number of allylic oxidation sites excluding steroid dienone is 4. The summed E-state index contributed by atoms with van der Waals surface area (Å²) in [5, 5.41) is 9.51. The number of aliphatic carboxylic acids is 1. The molecule has 5 nitrogen and oxygen atoms in total. The molecule has 0 saturated carbocycles. The van der Waals surface area contributed by atoms with Crippen LogP contribution in [0.4, 0.5) is 18.9 Å². The van der Waals surface area contributed by atoms with Crippen molar-refractivity contribution in [3.63, 3.8) is 0 Å². The molecular formula is C27H28F3NO4. The standard InChI is InChI=1S/C27H28F3NO4/c1-25(2)10-12-31-13-11-26(3,4)20-21(31)19(25)15-17-14-16(24(34)35-22(17)20)8-6-5-7-9-18(23(32)33)27(28,29)30/h5-9,14-15H,10-13H2,1-4H3,(H,32,33). The van der Waals surface area contributed by atoms with E-state index in [1.165, 1.54) is 29.5 Å². The number of carbonyl (C=O) groups is 1. The van der Waals surface area contributed by atoms with Gasteiger partial charge in [0.05, 0.1) is 5.56 Å². The first-order chi connectivity index (χ1) is 16.2. The molecule has 0 radical (unpaired) electrons. The molecule has 0 atom stereocenters. The van der Waals surface area contributed by atoms with E-state index in [2.05, 4.69) is 38.7 Å². The van der Waals surface area contributed by atoms with Crippen LogP contribution in [0.25, 0.3) is 17.0 Å². The van der Waals surface area contributed by atoms with Crippen LogP contribution in [0.2, 0.25) is 0 Å². The second kappa shape index (κ2) is 8.43. The number of halogens is 3. The Bertz CT molecular complexity index is 1340. The number of rotatable bonds is 4. The van der Waals surface area contributed by atoms with E-state index >= 15 is 0 Å². The second-order valence-corrected chi connectivity index (χ2v) is 10.4. The van der Waals surface area contributed by atoms with Crippen molar-refractivity contribution in [1.29, 1.82) is 0 Å². The number of hydrogen-bond acceptors (Lipinski definition) is 4. The maximum Gasteiger partial charge on any atom is 0.423 e. The van der Waals surface area contributed by atoms with E-state index in [-0.39, 0.29) is 16.4 Å². The monoisotopic (exact) mass is 487 g/mol. The van der Waals surface area contributed by atoms with Gasteiger partial charge in [0.2, 0.25) is 0 Å². The van der Waals surface area contributed by atoms with Crippen molar-refractivity contribution in [3.8, 4) is 0 Å². The SMILES string of the molecule is CC1(C)CCN2CCC(C)(C)c3c2c1cc1cc(C=CC=CC=C(C(=O)O)C(F)(F)F)c(=O)oc31. The Morgan fingerprint density at radius 1 is 1.06 bits per heavy atom. The molecule has 3 heterocycles. The van der Waals surface area contributed by atoms with Gasteiger partial charge < -0.3 is 14.4 Å². The Kier molecular flexibility index (Phi) is 5.98. The summed E-state index contributed by atoms with van der Waals surface area (Å²) >= 11 is 0. The van der Waals surface area contributed by atoms with Gasteiger partial charge in [-0.3, -0.25) is 0 Å². The minimum atomic E-state index is -4.96. The minimum absolute atomic E-state index is 0.0380. The maximum absolute atomic E-state index is 12.8. The van der Waals surface area contributed by atoms with Gasteiger partial charge in [-0.2, -0.15) is 13.2 Å². The molecule has 1 N–H and O–H groups in total. The van der Waals surface area contributed by atoms with Gasteiger partial charge in [-0.1, -0.05) is 45.9 Å². The Balaban J connectivity index is 1.78. The largest absolute Gasteiger partial charge is 0.478 e. The van der Waals surface area contributed by atoms with Gasteiger partial charge >= 0.3 is 17.8 Å². The van der Waals surface area contributed by atoms with Gasteiger partial charge in [0.25, 0.3) is 0 Å². The highest BCUT2D eigenvalue weighted by Gasteiger charge is 2.42. The molecule has 1 aromatic carbocycles. The average Bonchev–Trinajstić information content (AvgIpc) is 2.73. The van der Waals surface area contributed by atoms with Gasteiger partial charge in [-0.25, -0.2) is 9.59 Å². The second-order valence-electron chi connectivity index (χ2n) is 10.4. The Morgan fingerprint density at radius 3 is 2.34 bits per heavy atom. The Morgan fingerprint density at radius 2 is 1.71 bits per heavy atom. The fraction of sp³-hybridized carbons (Fsp3) is 0.407. The van der Waals surface area contributed by atoms with Gasteiger partial charge in [-0.05, 0) is 53.5 Å². The van der Waals surface area contributed by atoms with Crippen LogP contribution < -0.4 is 10.5 Å². The molecule has 0 aliphatic carbocycles. The topological polar surface area (TPSA) is 70.8 Å². The molecule has 4 rings (SSSR count). The zero-order valence-corrected chi connectivity index (χ0v) is 20.1. The van der Waals surface area contributed by atoms with Crippen LogP contribution in [0.5, 0.6) is 0 Å².